The van der Waals surface area contributed by atoms with Crippen molar-refractivity contribution >= 4 is 44.6 Å². The lowest BCUT2D eigenvalue weighted by molar-refractivity contribution is 0.102. The van der Waals surface area contributed by atoms with Gasteiger partial charge in [-0.3, -0.25) is 9.10 Å². The molecule has 3 aromatic rings. The van der Waals surface area contributed by atoms with E-state index in [2.05, 4.69) is 10.2 Å². The molecule has 1 amide bonds. The normalized spacial score (nSPS) is 15.8. The summed E-state index contributed by atoms with van der Waals surface area (Å²) in [6.45, 7) is 3.04. The SMILES string of the molecule is O=C(Nc1ccccc1N1CCOCC1)c1ccc(Cl)c(S(=O)(=O)N2CCc3ccccc32)c1. The molecule has 2 aliphatic rings. The van der Waals surface area contributed by atoms with Gasteiger partial charge in [-0.15, -0.1) is 0 Å². The summed E-state index contributed by atoms with van der Waals surface area (Å²) in [5.74, 6) is -0.407. The lowest BCUT2D eigenvalue weighted by Crippen LogP contribution is -2.36. The van der Waals surface area contributed by atoms with Crippen molar-refractivity contribution in [3.8, 4) is 0 Å². The number of rotatable bonds is 5. The number of carbonyl (C=O) groups is 1. The number of carbonyl (C=O) groups excluding carboxylic acids is 1. The van der Waals surface area contributed by atoms with Crippen LogP contribution in [0.4, 0.5) is 17.1 Å². The number of fused-ring (bicyclic) bond motifs is 1. The molecule has 0 aliphatic carbocycles. The number of nitrogens with one attached hydrogen (secondary N) is 1. The van der Waals surface area contributed by atoms with Crippen LogP contribution in [0, 0.1) is 0 Å². The van der Waals surface area contributed by atoms with Crippen LogP contribution in [0.25, 0.3) is 0 Å². The van der Waals surface area contributed by atoms with Crippen LogP contribution in [0.1, 0.15) is 15.9 Å². The average molecular weight is 498 g/mol. The van der Waals surface area contributed by atoms with Crippen molar-refractivity contribution in [3.63, 3.8) is 0 Å². The van der Waals surface area contributed by atoms with Crippen molar-refractivity contribution in [1.29, 1.82) is 0 Å². The summed E-state index contributed by atoms with van der Waals surface area (Å²) in [4.78, 5) is 15.2. The second kappa shape index (κ2) is 9.29. The highest BCUT2D eigenvalue weighted by atomic mass is 35.5. The Morgan fingerprint density at radius 3 is 2.41 bits per heavy atom. The van der Waals surface area contributed by atoms with Gasteiger partial charge in [-0.25, -0.2) is 8.42 Å². The number of anilines is 3. The molecule has 1 N–H and O–H groups in total. The molecule has 1 fully saturated rings. The lowest BCUT2D eigenvalue weighted by atomic mass is 10.2. The number of morpholine rings is 1. The molecule has 0 unspecified atom stereocenters. The fraction of sp³-hybridized carbons (Fsp3) is 0.240. The zero-order chi connectivity index (χ0) is 23.7. The predicted molar refractivity (Wildman–Crippen MR) is 134 cm³/mol. The monoisotopic (exact) mass is 497 g/mol. The van der Waals surface area contributed by atoms with E-state index in [-0.39, 0.29) is 15.5 Å². The number of halogens is 1. The van der Waals surface area contributed by atoms with E-state index in [1.54, 1.807) is 6.07 Å². The maximum absolute atomic E-state index is 13.5. The minimum absolute atomic E-state index is 0.0784. The van der Waals surface area contributed by atoms with Crippen molar-refractivity contribution in [2.45, 2.75) is 11.3 Å². The van der Waals surface area contributed by atoms with E-state index in [1.165, 1.54) is 22.5 Å². The molecule has 5 rings (SSSR count). The molecule has 34 heavy (non-hydrogen) atoms. The Kier molecular flexibility index (Phi) is 6.20. The van der Waals surface area contributed by atoms with Crippen molar-refractivity contribution in [2.75, 3.05) is 47.4 Å². The van der Waals surface area contributed by atoms with E-state index < -0.39 is 15.9 Å². The number of ether oxygens (including phenoxy) is 1. The van der Waals surface area contributed by atoms with Gasteiger partial charge in [0, 0.05) is 25.2 Å². The minimum Gasteiger partial charge on any atom is -0.378 e. The van der Waals surface area contributed by atoms with Gasteiger partial charge < -0.3 is 15.0 Å². The Morgan fingerprint density at radius 1 is 0.912 bits per heavy atom. The Hall–Kier alpha value is -3.07. The fourth-order valence-electron chi connectivity index (χ4n) is 4.37. The van der Waals surface area contributed by atoms with Gasteiger partial charge in [0.05, 0.1) is 35.3 Å². The molecular weight excluding hydrogens is 474 g/mol. The molecule has 1 saturated heterocycles. The van der Waals surface area contributed by atoms with E-state index in [4.69, 9.17) is 16.3 Å². The summed E-state index contributed by atoms with van der Waals surface area (Å²) in [5.41, 5.74) is 3.38. The standard InChI is InChI=1S/C25H24ClN3O4S/c26-20-10-9-19(17-24(20)34(31,32)29-12-11-18-5-1-3-7-22(18)29)25(30)27-21-6-2-4-8-23(21)28-13-15-33-16-14-28/h1-10,17H,11-16H2,(H,27,30). The predicted octanol–water partition coefficient (Wildman–Crippen LogP) is 4.18. The average Bonchev–Trinajstić information content (AvgIpc) is 3.30. The number of nitrogens with zero attached hydrogens (tertiary/aromatic N) is 2. The van der Waals surface area contributed by atoms with E-state index in [0.29, 0.717) is 37.6 Å². The van der Waals surface area contributed by atoms with Crippen molar-refractivity contribution in [2.24, 2.45) is 0 Å². The highest BCUT2D eigenvalue weighted by molar-refractivity contribution is 7.93. The third-order valence-corrected chi connectivity index (χ3v) is 8.40. The summed E-state index contributed by atoms with van der Waals surface area (Å²) < 4.78 is 33.8. The first-order valence-corrected chi connectivity index (χ1v) is 12.9. The number of sulfonamides is 1. The van der Waals surface area contributed by atoms with Crippen LogP contribution in [0.5, 0.6) is 0 Å². The number of amides is 1. The molecule has 0 spiro atoms. The Bertz CT molecular complexity index is 1340. The van der Waals surface area contributed by atoms with E-state index in [9.17, 15) is 13.2 Å². The smallest absolute Gasteiger partial charge is 0.265 e. The van der Waals surface area contributed by atoms with Gasteiger partial charge in [-0.2, -0.15) is 0 Å². The molecule has 3 aromatic carbocycles. The van der Waals surface area contributed by atoms with E-state index >= 15 is 0 Å². The Balaban J connectivity index is 1.43. The molecule has 2 heterocycles. The quantitative estimate of drug-likeness (QED) is 0.572. The van der Waals surface area contributed by atoms with Crippen LogP contribution in [0.3, 0.4) is 0 Å². The fourth-order valence-corrected chi connectivity index (χ4v) is 6.38. The molecule has 9 heteroatoms. The van der Waals surface area contributed by atoms with Crippen LogP contribution in [-0.4, -0.2) is 47.2 Å². The summed E-state index contributed by atoms with van der Waals surface area (Å²) in [5, 5.41) is 3.01. The largest absolute Gasteiger partial charge is 0.378 e. The Labute approximate surface area is 203 Å². The minimum atomic E-state index is -3.94. The topological polar surface area (TPSA) is 79.0 Å². The van der Waals surface area contributed by atoms with Gasteiger partial charge in [-0.1, -0.05) is 41.9 Å². The molecule has 2 aliphatic heterocycles. The summed E-state index contributed by atoms with van der Waals surface area (Å²) >= 11 is 6.32. The van der Waals surface area contributed by atoms with Gasteiger partial charge in [0.25, 0.3) is 15.9 Å². The van der Waals surface area contributed by atoms with Gasteiger partial charge in [0.15, 0.2) is 0 Å². The van der Waals surface area contributed by atoms with Crippen LogP contribution in [0.15, 0.2) is 71.6 Å². The zero-order valence-corrected chi connectivity index (χ0v) is 20.0. The summed E-state index contributed by atoms with van der Waals surface area (Å²) in [7, 11) is -3.94. The van der Waals surface area contributed by atoms with E-state index in [1.807, 2.05) is 42.5 Å². The van der Waals surface area contributed by atoms with Gasteiger partial charge in [0.1, 0.15) is 4.90 Å². The molecule has 0 bridgehead atoms. The Morgan fingerprint density at radius 2 is 1.62 bits per heavy atom. The first kappa shape index (κ1) is 22.7. The molecule has 0 saturated carbocycles. The molecule has 7 nitrogen and oxygen atoms in total. The summed E-state index contributed by atoms with van der Waals surface area (Å²) in [6.07, 6.45) is 0.630. The van der Waals surface area contributed by atoms with Crippen LogP contribution >= 0.6 is 11.6 Å². The zero-order valence-electron chi connectivity index (χ0n) is 18.4. The van der Waals surface area contributed by atoms with Crippen LogP contribution < -0.4 is 14.5 Å². The third kappa shape index (κ3) is 4.24. The van der Waals surface area contributed by atoms with Gasteiger partial charge in [0.2, 0.25) is 0 Å². The molecule has 176 valence electrons. The van der Waals surface area contributed by atoms with Crippen molar-refractivity contribution in [1.82, 2.24) is 0 Å². The number of hydrogen-bond donors (Lipinski definition) is 1. The molecule has 0 aromatic heterocycles. The first-order valence-electron chi connectivity index (χ1n) is 11.1. The maximum Gasteiger partial charge on any atom is 0.265 e. The third-order valence-electron chi connectivity index (χ3n) is 6.11. The van der Waals surface area contributed by atoms with Crippen molar-refractivity contribution in [3.05, 3.63) is 82.9 Å². The van der Waals surface area contributed by atoms with E-state index in [0.717, 1.165) is 24.3 Å². The second-order valence-electron chi connectivity index (χ2n) is 8.17. The number of para-hydroxylation sites is 3. The van der Waals surface area contributed by atoms with Crippen LogP contribution in [-0.2, 0) is 21.2 Å². The molecule has 0 atom stereocenters. The highest BCUT2D eigenvalue weighted by Crippen LogP contribution is 2.35. The second-order valence-corrected chi connectivity index (χ2v) is 10.4. The first-order chi connectivity index (χ1) is 16.4. The van der Waals surface area contributed by atoms with Crippen LogP contribution in [0.2, 0.25) is 5.02 Å². The number of hydrogen-bond acceptors (Lipinski definition) is 5. The number of benzene rings is 3. The summed E-state index contributed by atoms with van der Waals surface area (Å²) in [6, 6.07) is 19.3. The van der Waals surface area contributed by atoms with Gasteiger partial charge >= 0.3 is 0 Å². The van der Waals surface area contributed by atoms with Crippen molar-refractivity contribution < 1.29 is 17.9 Å². The lowest BCUT2D eigenvalue weighted by Gasteiger charge is -2.30. The molecule has 0 radical (unpaired) electrons. The highest BCUT2D eigenvalue weighted by Gasteiger charge is 2.32. The maximum atomic E-state index is 13.5. The molecular formula is C25H24ClN3O4S. The van der Waals surface area contributed by atoms with Gasteiger partial charge in [-0.05, 0) is 48.4 Å².